The third-order valence-electron chi connectivity index (χ3n) is 3.34. The number of hydrogen-bond acceptors (Lipinski definition) is 3. The van der Waals surface area contributed by atoms with Gasteiger partial charge in [0.2, 0.25) is 0 Å². The van der Waals surface area contributed by atoms with Gasteiger partial charge in [-0.05, 0) is 38.8 Å². The Hall–Kier alpha value is -1.98. The van der Waals surface area contributed by atoms with E-state index in [1.165, 1.54) is 0 Å². The fourth-order valence-electron chi connectivity index (χ4n) is 2.08. The molecule has 1 atom stereocenters. The van der Waals surface area contributed by atoms with E-state index in [4.69, 9.17) is 9.52 Å². The Labute approximate surface area is 117 Å². The summed E-state index contributed by atoms with van der Waals surface area (Å²) in [6, 6.07) is 3.40. The van der Waals surface area contributed by atoms with Crippen LogP contribution in [0.1, 0.15) is 43.7 Å². The van der Waals surface area contributed by atoms with Crippen LogP contribution in [0.15, 0.2) is 16.5 Å². The average Bonchev–Trinajstić information content (AvgIpc) is 3.10. The molecule has 1 aliphatic carbocycles. The zero-order chi connectivity index (χ0) is 14.7. The zero-order valence-electron chi connectivity index (χ0n) is 11.8. The van der Waals surface area contributed by atoms with Crippen LogP contribution in [-0.2, 0) is 4.79 Å². The lowest BCUT2D eigenvalue weighted by molar-refractivity contribution is -0.137. The van der Waals surface area contributed by atoms with Crippen LogP contribution in [-0.4, -0.2) is 34.6 Å². The molecule has 1 fully saturated rings. The number of nitrogens with one attached hydrogen (secondary N) is 1. The molecule has 1 saturated carbocycles. The summed E-state index contributed by atoms with van der Waals surface area (Å²) in [5.41, 5.74) is 0. The van der Waals surface area contributed by atoms with Gasteiger partial charge in [-0.15, -0.1) is 0 Å². The van der Waals surface area contributed by atoms with E-state index in [1.54, 1.807) is 4.90 Å². The number of carbonyl (C=O) groups is 2. The van der Waals surface area contributed by atoms with Gasteiger partial charge >= 0.3 is 12.0 Å². The van der Waals surface area contributed by atoms with Crippen LogP contribution in [0.3, 0.4) is 0 Å². The van der Waals surface area contributed by atoms with Crippen molar-refractivity contribution in [2.75, 3.05) is 6.54 Å². The lowest BCUT2D eigenvalue weighted by atomic mass is 10.2. The lowest BCUT2D eigenvalue weighted by Gasteiger charge is -2.24. The molecule has 0 saturated heterocycles. The first-order chi connectivity index (χ1) is 9.47. The molecule has 2 rings (SSSR count). The molecule has 2 N–H and O–H groups in total. The highest BCUT2D eigenvalue weighted by atomic mass is 16.4. The Morgan fingerprint density at radius 3 is 2.70 bits per heavy atom. The first-order valence-corrected chi connectivity index (χ1v) is 6.82. The van der Waals surface area contributed by atoms with Crippen molar-refractivity contribution in [2.24, 2.45) is 0 Å². The van der Waals surface area contributed by atoms with Crippen molar-refractivity contribution in [2.45, 2.75) is 45.2 Å². The largest absolute Gasteiger partial charge is 0.481 e. The second-order valence-corrected chi connectivity index (χ2v) is 5.19. The SMILES string of the molecule is Cc1ccc(C(C)NC(=O)N(CCC(=O)O)C2CC2)o1. The number of hydrogen-bond donors (Lipinski definition) is 2. The molecular weight excluding hydrogens is 260 g/mol. The smallest absolute Gasteiger partial charge is 0.318 e. The Balaban J connectivity index is 1.92. The molecule has 0 bridgehead atoms. The number of furan rings is 1. The van der Waals surface area contributed by atoms with Crippen molar-refractivity contribution in [3.8, 4) is 0 Å². The Morgan fingerprint density at radius 2 is 2.20 bits per heavy atom. The summed E-state index contributed by atoms with van der Waals surface area (Å²) in [7, 11) is 0. The number of carboxylic acid groups (broad SMARTS) is 1. The van der Waals surface area contributed by atoms with Crippen LogP contribution < -0.4 is 5.32 Å². The van der Waals surface area contributed by atoms with Crippen molar-refractivity contribution in [1.82, 2.24) is 10.2 Å². The number of amides is 2. The maximum atomic E-state index is 12.2. The molecule has 1 aromatic heterocycles. The summed E-state index contributed by atoms with van der Waals surface area (Å²) < 4.78 is 5.47. The predicted molar refractivity (Wildman–Crippen MR) is 72.4 cm³/mol. The number of carbonyl (C=O) groups excluding carboxylic acids is 1. The molecule has 1 aliphatic rings. The minimum Gasteiger partial charge on any atom is -0.481 e. The summed E-state index contributed by atoms with van der Waals surface area (Å²) in [6.07, 6.45) is 1.86. The van der Waals surface area contributed by atoms with Gasteiger partial charge in [0.05, 0.1) is 12.5 Å². The van der Waals surface area contributed by atoms with Gasteiger partial charge in [0.1, 0.15) is 11.5 Å². The molecule has 6 nitrogen and oxygen atoms in total. The molecule has 0 aliphatic heterocycles. The van der Waals surface area contributed by atoms with E-state index >= 15 is 0 Å². The van der Waals surface area contributed by atoms with E-state index in [-0.39, 0.29) is 31.1 Å². The van der Waals surface area contributed by atoms with Gasteiger partial charge in [0.15, 0.2) is 0 Å². The molecule has 1 unspecified atom stereocenters. The van der Waals surface area contributed by atoms with Gasteiger partial charge in [-0.25, -0.2) is 4.79 Å². The monoisotopic (exact) mass is 280 g/mol. The lowest BCUT2D eigenvalue weighted by Crippen LogP contribution is -2.43. The number of rotatable bonds is 6. The normalized spacial score (nSPS) is 15.7. The maximum absolute atomic E-state index is 12.2. The highest BCUT2D eigenvalue weighted by Gasteiger charge is 2.33. The molecule has 1 aromatic rings. The minimum atomic E-state index is -0.891. The molecule has 0 radical (unpaired) electrons. The van der Waals surface area contributed by atoms with Crippen LogP contribution in [0.25, 0.3) is 0 Å². The maximum Gasteiger partial charge on any atom is 0.318 e. The molecule has 0 aromatic carbocycles. The predicted octanol–water partition coefficient (Wildman–Crippen LogP) is 2.30. The van der Waals surface area contributed by atoms with Crippen LogP contribution in [0.2, 0.25) is 0 Å². The van der Waals surface area contributed by atoms with E-state index < -0.39 is 5.97 Å². The molecule has 110 valence electrons. The molecule has 20 heavy (non-hydrogen) atoms. The van der Waals surface area contributed by atoms with Gasteiger partial charge in [-0.2, -0.15) is 0 Å². The summed E-state index contributed by atoms with van der Waals surface area (Å²) in [5, 5.41) is 11.6. The van der Waals surface area contributed by atoms with Crippen molar-refractivity contribution in [3.63, 3.8) is 0 Å². The van der Waals surface area contributed by atoms with Crippen molar-refractivity contribution in [3.05, 3.63) is 23.7 Å². The fourth-order valence-corrected chi connectivity index (χ4v) is 2.08. The summed E-state index contributed by atoms with van der Waals surface area (Å²) in [4.78, 5) is 24.5. The number of nitrogens with zero attached hydrogens (tertiary/aromatic N) is 1. The molecule has 2 amide bonds. The van der Waals surface area contributed by atoms with Gasteiger partial charge in [0.25, 0.3) is 0 Å². The first-order valence-electron chi connectivity index (χ1n) is 6.82. The van der Waals surface area contributed by atoms with Gasteiger partial charge in [-0.1, -0.05) is 0 Å². The van der Waals surface area contributed by atoms with Crippen LogP contribution in [0.4, 0.5) is 4.79 Å². The number of carboxylic acids is 1. The summed E-state index contributed by atoms with van der Waals surface area (Å²) >= 11 is 0. The summed E-state index contributed by atoms with van der Waals surface area (Å²) in [5.74, 6) is 0.606. The van der Waals surface area contributed by atoms with Gasteiger partial charge < -0.3 is 19.7 Å². The topological polar surface area (TPSA) is 82.8 Å². The summed E-state index contributed by atoms with van der Waals surface area (Å²) in [6.45, 7) is 3.94. The molecular formula is C14H20N2O4. The van der Waals surface area contributed by atoms with Gasteiger partial charge in [-0.3, -0.25) is 4.79 Å². The molecule has 1 heterocycles. The third kappa shape index (κ3) is 3.76. The van der Waals surface area contributed by atoms with Crippen molar-refractivity contribution in [1.29, 1.82) is 0 Å². The number of urea groups is 1. The molecule has 6 heteroatoms. The standard InChI is InChI=1S/C14H20N2O4/c1-9-3-6-12(20-9)10(2)15-14(19)16(11-4-5-11)8-7-13(17)18/h3,6,10-11H,4-5,7-8H2,1-2H3,(H,15,19)(H,17,18). The van der Waals surface area contributed by atoms with E-state index in [0.29, 0.717) is 5.76 Å². The average molecular weight is 280 g/mol. The second-order valence-electron chi connectivity index (χ2n) is 5.19. The van der Waals surface area contributed by atoms with Gasteiger partial charge in [0, 0.05) is 12.6 Å². The van der Waals surface area contributed by atoms with E-state index in [1.807, 2.05) is 26.0 Å². The van der Waals surface area contributed by atoms with Crippen LogP contribution >= 0.6 is 0 Å². The minimum absolute atomic E-state index is 0.0296. The Bertz CT molecular complexity index is 493. The van der Waals surface area contributed by atoms with Crippen molar-refractivity contribution >= 4 is 12.0 Å². The Morgan fingerprint density at radius 1 is 1.50 bits per heavy atom. The van der Waals surface area contributed by atoms with E-state index in [0.717, 1.165) is 18.6 Å². The second kappa shape index (κ2) is 5.98. The zero-order valence-corrected chi connectivity index (χ0v) is 11.8. The fraction of sp³-hybridized carbons (Fsp3) is 0.571. The van der Waals surface area contributed by atoms with Crippen LogP contribution in [0.5, 0.6) is 0 Å². The number of aliphatic carboxylic acids is 1. The van der Waals surface area contributed by atoms with E-state index in [9.17, 15) is 9.59 Å². The quantitative estimate of drug-likeness (QED) is 0.837. The third-order valence-corrected chi connectivity index (χ3v) is 3.34. The first kappa shape index (κ1) is 14.4. The highest BCUT2D eigenvalue weighted by molar-refractivity contribution is 5.76. The van der Waals surface area contributed by atoms with Crippen molar-refractivity contribution < 1.29 is 19.1 Å². The Kier molecular flexibility index (Phi) is 4.32. The molecule has 0 spiro atoms. The van der Waals surface area contributed by atoms with Crippen LogP contribution in [0, 0.1) is 6.92 Å². The highest BCUT2D eigenvalue weighted by Crippen LogP contribution is 2.27. The number of aryl methyl sites for hydroxylation is 1. The van der Waals surface area contributed by atoms with E-state index in [2.05, 4.69) is 5.32 Å².